The van der Waals surface area contributed by atoms with E-state index >= 15 is 0 Å². The predicted molar refractivity (Wildman–Crippen MR) is 113 cm³/mol. The van der Waals surface area contributed by atoms with Gasteiger partial charge in [-0.2, -0.15) is 0 Å². The number of ether oxygens (including phenoxy) is 2. The summed E-state index contributed by atoms with van der Waals surface area (Å²) in [5, 5.41) is 14.6. The Bertz CT molecular complexity index is 1170. The molecule has 3 heteroatoms. The fraction of sp³-hybridized carbons (Fsp3) is 0.120. The van der Waals surface area contributed by atoms with E-state index in [4.69, 9.17) is 9.47 Å². The molecule has 5 rings (SSSR count). The number of allylic oxidation sites excluding steroid dienone is 1. The Morgan fingerprint density at radius 1 is 0.893 bits per heavy atom. The molecule has 0 saturated heterocycles. The molecule has 4 aromatic carbocycles. The van der Waals surface area contributed by atoms with Gasteiger partial charge in [0.25, 0.3) is 0 Å². The van der Waals surface area contributed by atoms with Crippen molar-refractivity contribution in [2.24, 2.45) is 0 Å². The first kappa shape index (κ1) is 16.8. The van der Waals surface area contributed by atoms with Gasteiger partial charge >= 0.3 is 0 Å². The summed E-state index contributed by atoms with van der Waals surface area (Å²) in [5.41, 5.74) is 3.15. The molecule has 0 radical (unpaired) electrons. The summed E-state index contributed by atoms with van der Waals surface area (Å²) in [6.45, 7) is 2.42. The van der Waals surface area contributed by atoms with E-state index in [0.29, 0.717) is 12.4 Å². The van der Waals surface area contributed by atoms with E-state index in [1.165, 1.54) is 27.1 Å². The molecule has 1 N–H and O–H groups in total. The zero-order chi connectivity index (χ0) is 19.1. The highest BCUT2D eigenvalue weighted by atomic mass is 16.6. The molecule has 3 nitrogen and oxygen atoms in total. The minimum absolute atomic E-state index is 0.456. The van der Waals surface area contributed by atoms with Gasteiger partial charge in [-0.05, 0) is 58.3 Å². The van der Waals surface area contributed by atoms with Crippen LogP contribution in [0.15, 0.2) is 78.9 Å². The Morgan fingerprint density at radius 3 is 2.29 bits per heavy atom. The van der Waals surface area contributed by atoms with Gasteiger partial charge in [0.1, 0.15) is 18.1 Å². The Labute approximate surface area is 163 Å². The van der Waals surface area contributed by atoms with Gasteiger partial charge < -0.3 is 14.6 Å². The van der Waals surface area contributed by atoms with Crippen LogP contribution in [-0.2, 0) is 6.61 Å². The van der Waals surface area contributed by atoms with Crippen molar-refractivity contribution >= 4 is 27.1 Å². The van der Waals surface area contributed by atoms with Crippen molar-refractivity contribution < 1.29 is 14.6 Å². The standard InChI is InChI=1S/C25H20O3/c1-16-12-25(26)28-24-14-19(10-11-20(16)24)27-15-23-21-8-4-2-6-17(21)13-18-7-3-5-9-22(18)23/h2-14,25-26H,15H2,1H3. The molecule has 1 unspecified atom stereocenters. The minimum atomic E-state index is -0.912. The normalized spacial score (nSPS) is 15.8. The quantitative estimate of drug-likeness (QED) is 0.472. The van der Waals surface area contributed by atoms with E-state index in [1.54, 1.807) is 6.08 Å². The van der Waals surface area contributed by atoms with E-state index < -0.39 is 6.29 Å². The van der Waals surface area contributed by atoms with Gasteiger partial charge in [0, 0.05) is 17.2 Å². The number of rotatable bonds is 3. The van der Waals surface area contributed by atoms with Crippen LogP contribution in [0.1, 0.15) is 18.1 Å². The zero-order valence-corrected chi connectivity index (χ0v) is 15.6. The second-order valence-electron chi connectivity index (χ2n) is 7.10. The van der Waals surface area contributed by atoms with Crippen LogP contribution < -0.4 is 9.47 Å². The van der Waals surface area contributed by atoms with Crippen LogP contribution in [0.5, 0.6) is 11.5 Å². The molecule has 0 aliphatic carbocycles. The molecule has 138 valence electrons. The fourth-order valence-corrected chi connectivity index (χ4v) is 3.90. The maximum Gasteiger partial charge on any atom is 0.217 e. The Hall–Kier alpha value is -3.30. The second kappa shape index (κ2) is 6.70. The molecule has 0 fully saturated rings. The first-order valence-electron chi connectivity index (χ1n) is 9.39. The highest BCUT2D eigenvalue weighted by molar-refractivity contribution is 6.02. The number of hydrogen-bond acceptors (Lipinski definition) is 3. The van der Waals surface area contributed by atoms with Gasteiger partial charge in [-0.1, -0.05) is 48.5 Å². The molecule has 0 bridgehead atoms. The molecule has 0 saturated carbocycles. The summed E-state index contributed by atoms with van der Waals surface area (Å²) in [6.07, 6.45) is 0.787. The predicted octanol–water partition coefficient (Wildman–Crippen LogP) is 5.69. The third-order valence-electron chi connectivity index (χ3n) is 5.28. The topological polar surface area (TPSA) is 38.7 Å². The molecular weight excluding hydrogens is 348 g/mol. The van der Waals surface area contributed by atoms with E-state index in [0.717, 1.165) is 16.9 Å². The van der Waals surface area contributed by atoms with E-state index in [2.05, 4.69) is 54.6 Å². The molecule has 0 aromatic heterocycles. The van der Waals surface area contributed by atoms with Crippen molar-refractivity contribution in [2.45, 2.75) is 19.8 Å². The smallest absolute Gasteiger partial charge is 0.217 e. The lowest BCUT2D eigenvalue weighted by atomic mass is 9.97. The first-order valence-corrected chi connectivity index (χ1v) is 9.39. The summed E-state index contributed by atoms with van der Waals surface area (Å²) in [7, 11) is 0. The van der Waals surface area contributed by atoms with Gasteiger partial charge in [0.2, 0.25) is 6.29 Å². The Balaban J connectivity index is 1.53. The molecular formula is C25H20O3. The summed E-state index contributed by atoms with van der Waals surface area (Å²) < 4.78 is 11.7. The van der Waals surface area contributed by atoms with Crippen molar-refractivity contribution in [3.8, 4) is 11.5 Å². The highest BCUT2D eigenvalue weighted by Gasteiger charge is 2.17. The second-order valence-corrected chi connectivity index (χ2v) is 7.10. The summed E-state index contributed by atoms with van der Waals surface area (Å²) >= 11 is 0. The Morgan fingerprint density at radius 2 is 1.57 bits per heavy atom. The van der Waals surface area contributed by atoms with Gasteiger partial charge in [0.05, 0.1) is 0 Å². The summed E-state index contributed by atoms with van der Waals surface area (Å²) in [6, 6.07) is 24.8. The van der Waals surface area contributed by atoms with Crippen LogP contribution in [-0.4, -0.2) is 11.4 Å². The van der Waals surface area contributed by atoms with Crippen LogP contribution >= 0.6 is 0 Å². The molecule has 1 aliphatic heterocycles. The van der Waals surface area contributed by atoms with E-state index in [9.17, 15) is 5.11 Å². The van der Waals surface area contributed by atoms with Crippen molar-refractivity contribution in [3.05, 3.63) is 90.0 Å². The van der Waals surface area contributed by atoms with Crippen molar-refractivity contribution in [2.75, 3.05) is 0 Å². The third kappa shape index (κ3) is 2.90. The van der Waals surface area contributed by atoms with Crippen LogP contribution in [0.25, 0.3) is 27.1 Å². The van der Waals surface area contributed by atoms with Crippen molar-refractivity contribution in [1.29, 1.82) is 0 Å². The van der Waals surface area contributed by atoms with Gasteiger partial charge in [-0.25, -0.2) is 0 Å². The summed E-state index contributed by atoms with van der Waals surface area (Å²) in [5.74, 6) is 1.37. The molecule has 1 heterocycles. The lowest BCUT2D eigenvalue weighted by Crippen LogP contribution is -2.17. The number of fused-ring (bicyclic) bond motifs is 3. The van der Waals surface area contributed by atoms with Gasteiger partial charge in [-0.3, -0.25) is 0 Å². The fourth-order valence-electron chi connectivity index (χ4n) is 3.90. The maximum atomic E-state index is 9.82. The van der Waals surface area contributed by atoms with Crippen LogP contribution in [0.2, 0.25) is 0 Å². The number of aliphatic hydroxyl groups is 1. The first-order chi connectivity index (χ1) is 13.7. The van der Waals surface area contributed by atoms with Crippen LogP contribution in [0.3, 0.4) is 0 Å². The van der Waals surface area contributed by atoms with Gasteiger partial charge in [-0.15, -0.1) is 0 Å². The maximum absolute atomic E-state index is 9.82. The lowest BCUT2D eigenvalue weighted by molar-refractivity contribution is 0.0223. The number of benzene rings is 4. The van der Waals surface area contributed by atoms with Crippen molar-refractivity contribution in [1.82, 2.24) is 0 Å². The molecule has 28 heavy (non-hydrogen) atoms. The number of aliphatic hydroxyl groups excluding tert-OH is 1. The average Bonchev–Trinajstić information content (AvgIpc) is 2.70. The molecule has 4 aromatic rings. The molecule has 0 spiro atoms. The lowest BCUT2D eigenvalue weighted by Gasteiger charge is -2.21. The van der Waals surface area contributed by atoms with E-state index in [-0.39, 0.29) is 0 Å². The molecule has 0 amide bonds. The third-order valence-corrected chi connectivity index (χ3v) is 5.28. The minimum Gasteiger partial charge on any atom is -0.489 e. The van der Waals surface area contributed by atoms with Crippen LogP contribution in [0.4, 0.5) is 0 Å². The monoisotopic (exact) mass is 368 g/mol. The SMILES string of the molecule is CC1=CC(O)Oc2cc(OCc3c4ccccc4cc4ccccc34)ccc21. The summed E-state index contributed by atoms with van der Waals surface area (Å²) in [4.78, 5) is 0. The highest BCUT2D eigenvalue weighted by Crippen LogP contribution is 2.35. The van der Waals surface area contributed by atoms with Crippen LogP contribution in [0, 0.1) is 0 Å². The average molecular weight is 368 g/mol. The molecule has 1 aliphatic rings. The van der Waals surface area contributed by atoms with E-state index in [1.807, 2.05) is 25.1 Å². The number of hydrogen-bond donors (Lipinski definition) is 1. The van der Waals surface area contributed by atoms with Crippen molar-refractivity contribution in [3.63, 3.8) is 0 Å². The largest absolute Gasteiger partial charge is 0.489 e. The van der Waals surface area contributed by atoms with Gasteiger partial charge in [0.15, 0.2) is 0 Å². The Kier molecular flexibility index (Phi) is 4.03. The zero-order valence-electron chi connectivity index (χ0n) is 15.6. The molecule has 1 atom stereocenters.